The van der Waals surface area contributed by atoms with Gasteiger partial charge >= 0.3 is 5.97 Å². The summed E-state index contributed by atoms with van der Waals surface area (Å²) in [5.41, 5.74) is 2.20. The standard InChI is InChI=1S/C16H16N2O4S/c1-11-3-4-12(2)15(9-11)23(21,22)18-17-10-13-5-7-14(8-6-13)16(19)20/h3-10,18H,1-2H3,(H,19,20)/b17-10-. The number of hydrogen-bond acceptors (Lipinski definition) is 4. The van der Waals surface area contributed by atoms with Crippen LogP contribution in [-0.2, 0) is 10.0 Å². The molecule has 0 spiro atoms. The summed E-state index contributed by atoms with van der Waals surface area (Å²) in [5.74, 6) is -1.02. The second-order valence-corrected chi connectivity index (χ2v) is 6.68. The van der Waals surface area contributed by atoms with Crippen molar-refractivity contribution >= 4 is 22.2 Å². The number of nitrogens with zero attached hydrogens (tertiary/aromatic N) is 1. The van der Waals surface area contributed by atoms with Crippen molar-refractivity contribution in [2.45, 2.75) is 18.7 Å². The van der Waals surface area contributed by atoms with Crippen molar-refractivity contribution in [3.63, 3.8) is 0 Å². The minimum absolute atomic E-state index is 0.151. The molecule has 7 heteroatoms. The van der Waals surface area contributed by atoms with Crippen LogP contribution >= 0.6 is 0 Å². The molecule has 0 saturated heterocycles. The molecule has 0 radical (unpaired) electrons. The molecule has 2 rings (SSSR count). The lowest BCUT2D eigenvalue weighted by Gasteiger charge is -2.07. The number of rotatable bonds is 5. The van der Waals surface area contributed by atoms with Gasteiger partial charge < -0.3 is 5.11 Å². The van der Waals surface area contributed by atoms with Crippen LogP contribution < -0.4 is 4.83 Å². The summed E-state index contributed by atoms with van der Waals surface area (Å²) in [6, 6.07) is 11.1. The molecule has 0 atom stereocenters. The maximum Gasteiger partial charge on any atom is 0.335 e. The first-order chi connectivity index (χ1) is 10.8. The number of benzene rings is 2. The normalized spacial score (nSPS) is 11.6. The molecule has 0 unspecified atom stereocenters. The molecule has 0 heterocycles. The number of aryl methyl sites for hydroxylation is 2. The predicted octanol–water partition coefficient (Wildman–Crippen LogP) is 2.31. The minimum atomic E-state index is -3.75. The highest BCUT2D eigenvalue weighted by Crippen LogP contribution is 2.16. The summed E-state index contributed by atoms with van der Waals surface area (Å²) in [4.78, 5) is 13.1. The summed E-state index contributed by atoms with van der Waals surface area (Å²) in [5, 5.41) is 12.5. The SMILES string of the molecule is Cc1ccc(C)c(S(=O)(=O)N/N=C\c2ccc(C(=O)O)cc2)c1. The maximum atomic E-state index is 12.2. The van der Waals surface area contributed by atoms with Crippen LogP contribution in [0.1, 0.15) is 27.0 Å². The van der Waals surface area contributed by atoms with E-state index in [2.05, 4.69) is 9.93 Å². The van der Waals surface area contributed by atoms with E-state index in [-0.39, 0.29) is 10.5 Å². The number of sulfonamides is 1. The van der Waals surface area contributed by atoms with Gasteiger partial charge in [-0.15, -0.1) is 0 Å². The van der Waals surface area contributed by atoms with Gasteiger partial charge in [-0.2, -0.15) is 13.5 Å². The third-order valence-corrected chi connectivity index (χ3v) is 4.54. The minimum Gasteiger partial charge on any atom is -0.478 e. The predicted molar refractivity (Wildman–Crippen MR) is 87.2 cm³/mol. The van der Waals surface area contributed by atoms with Crippen molar-refractivity contribution < 1.29 is 18.3 Å². The Hall–Kier alpha value is -2.67. The molecule has 0 aliphatic rings. The number of carbonyl (C=O) groups is 1. The quantitative estimate of drug-likeness (QED) is 0.649. The molecule has 0 aliphatic heterocycles. The summed E-state index contributed by atoms with van der Waals surface area (Å²) in [7, 11) is -3.75. The average molecular weight is 332 g/mol. The average Bonchev–Trinajstić information content (AvgIpc) is 2.50. The van der Waals surface area contributed by atoms with E-state index in [0.717, 1.165) is 5.56 Å². The molecule has 0 aromatic heterocycles. The zero-order chi connectivity index (χ0) is 17.0. The summed E-state index contributed by atoms with van der Waals surface area (Å²) < 4.78 is 24.5. The lowest BCUT2D eigenvalue weighted by Crippen LogP contribution is -2.19. The first kappa shape index (κ1) is 16.7. The number of hydrogen-bond donors (Lipinski definition) is 2. The van der Waals surface area contributed by atoms with E-state index in [1.54, 1.807) is 31.2 Å². The summed E-state index contributed by atoms with van der Waals surface area (Å²) in [6.07, 6.45) is 1.31. The lowest BCUT2D eigenvalue weighted by molar-refractivity contribution is 0.0697. The van der Waals surface area contributed by atoms with Crippen molar-refractivity contribution in [1.82, 2.24) is 4.83 Å². The molecule has 0 saturated carbocycles. The van der Waals surface area contributed by atoms with Crippen molar-refractivity contribution in [1.29, 1.82) is 0 Å². The molecule has 2 aromatic rings. The molecule has 6 nitrogen and oxygen atoms in total. The zero-order valence-corrected chi connectivity index (χ0v) is 13.5. The molecule has 0 bridgehead atoms. The van der Waals surface area contributed by atoms with Gasteiger partial charge in [-0.25, -0.2) is 9.63 Å². The van der Waals surface area contributed by atoms with Crippen LogP contribution in [0, 0.1) is 13.8 Å². The van der Waals surface area contributed by atoms with Gasteiger partial charge in [-0.05, 0) is 48.7 Å². The third-order valence-electron chi connectivity index (χ3n) is 3.18. The highest BCUT2D eigenvalue weighted by atomic mass is 32.2. The van der Waals surface area contributed by atoms with Crippen LogP contribution in [0.15, 0.2) is 52.5 Å². The van der Waals surface area contributed by atoms with Crippen LogP contribution in [0.25, 0.3) is 0 Å². The van der Waals surface area contributed by atoms with E-state index in [9.17, 15) is 13.2 Å². The molecule has 2 aromatic carbocycles. The summed E-state index contributed by atoms with van der Waals surface area (Å²) in [6.45, 7) is 3.52. The van der Waals surface area contributed by atoms with Crippen molar-refractivity contribution in [3.05, 3.63) is 64.7 Å². The van der Waals surface area contributed by atoms with Gasteiger partial charge in [0, 0.05) is 0 Å². The lowest BCUT2D eigenvalue weighted by atomic mass is 10.1. The first-order valence-electron chi connectivity index (χ1n) is 6.75. The fourth-order valence-corrected chi connectivity index (χ4v) is 3.05. The van der Waals surface area contributed by atoms with Crippen LogP contribution in [0.2, 0.25) is 0 Å². The van der Waals surface area contributed by atoms with Crippen LogP contribution in [0.3, 0.4) is 0 Å². The molecule has 0 amide bonds. The van der Waals surface area contributed by atoms with Gasteiger partial charge in [0.2, 0.25) is 0 Å². The van der Waals surface area contributed by atoms with E-state index in [0.29, 0.717) is 11.1 Å². The van der Waals surface area contributed by atoms with E-state index in [1.807, 2.05) is 13.0 Å². The number of carboxylic acids is 1. The van der Waals surface area contributed by atoms with Gasteiger partial charge in [0.1, 0.15) is 0 Å². The Morgan fingerprint density at radius 1 is 1.13 bits per heavy atom. The molecular formula is C16H16N2O4S. The van der Waals surface area contributed by atoms with Gasteiger partial charge in [0.25, 0.3) is 10.0 Å². The second kappa shape index (κ2) is 6.62. The topological polar surface area (TPSA) is 95.8 Å². The third kappa shape index (κ3) is 4.17. The van der Waals surface area contributed by atoms with Gasteiger partial charge in [0.15, 0.2) is 0 Å². The van der Waals surface area contributed by atoms with Crippen LogP contribution in [-0.4, -0.2) is 25.7 Å². The Morgan fingerprint density at radius 3 is 2.39 bits per heavy atom. The zero-order valence-electron chi connectivity index (χ0n) is 12.6. The highest BCUT2D eigenvalue weighted by molar-refractivity contribution is 7.89. The molecule has 23 heavy (non-hydrogen) atoms. The Morgan fingerprint density at radius 2 is 1.78 bits per heavy atom. The van der Waals surface area contributed by atoms with Crippen molar-refractivity contribution in [2.24, 2.45) is 5.10 Å². The van der Waals surface area contributed by atoms with Crippen LogP contribution in [0.4, 0.5) is 0 Å². The molecular weight excluding hydrogens is 316 g/mol. The monoisotopic (exact) mass is 332 g/mol. The van der Waals surface area contributed by atoms with E-state index < -0.39 is 16.0 Å². The number of aromatic carboxylic acids is 1. The largest absolute Gasteiger partial charge is 0.478 e. The highest BCUT2D eigenvalue weighted by Gasteiger charge is 2.15. The maximum absolute atomic E-state index is 12.2. The molecule has 0 fully saturated rings. The van der Waals surface area contributed by atoms with E-state index in [4.69, 9.17) is 5.11 Å². The Bertz CT molecular complexity index is 856. The second-order valence-electron chi connectivity index (χ2n) is 5.05. The van der Waals surface area contributed by atoms with Crippen molar-refractivity contribution in [2.75, 3.05) is 0 Å². The number of carboxylic acid groups (broad SMARTS) is 1. The number of nitrogens with one attached hydrogen (secondary N) is 1. The Balaban J connectivity index is 2.15. The number of hydrazone groups is 1. The Kier molecular flexibility index (Phi) is 4.80. The van der Waals surface area contributed by atoms with Gasteiger partial charge in [0.05, 0.1) is 16.7 Å². The van der Waals surface area contributed by atoms with Crippen LogP contribution in [0.5, 0.6) is 0 Å². The fraction of sp³-hybridized carbons (Fsp3) is 0.125. The smallest absolute Gasteiger partial charge is 0.335 e. The molecule has 0 aliphatic carbocycles. The van der Waals surface area contributed by atoms with Crippen molar-refractivity contribution in [3.8, 4) is 0 Å². The summed E-state index contributed by atoms with van der Waals surface area (Å²) >= 11 is 0. The Labute approximate surface area is 134 Å². The van der Waals surface area contributed by atoms with E-state index in [1.165, 1.54) is 18.3 Å². The van der Waals surface area contributed by atoms with Gasteiger partial charge in [-0.1, -0.05) is 24.3 Å². The molecule has 2 N–H and O–H groups in total. The fourth-order valence-electron chi connectivity index (χ4n) is 1.93. The van der Waals surface area contributed by atoms with E-state index >= 15 is 0 Å². The van der Waals surface area contributed by atoms with Gasteiger partial charge in [-0.3, -0.25) is 0 Å². The first-order valence-corrected chi connectivity index (χ1v) is 8.23. The molecule has 120 valence electrons.